The summed E-state index contributed by atoms with van der Waals surface area (Å²) in [5.74, 6) is 2.12. The zero-order valence-corrected chi connectivity index (χ0v) is 9.90. The summed E-state index contributed by atoms with van der Waals surface area (Å²) in [4.78, 5) is 11.0. The Morgan fingerprint density at radius 1 is 1.44 bits per heavy atom. The van der Waals surface area contributed by atoms with E-state index in [1.807, 2.05) is 0 Å². The highest BCUT2D eigenvalue weighted by Crippen LogP contribution is 2.15. The van der Waals surface area contributed by atoms with Crippen LogP contribution in [0.3, 0.4) is 0 Å². The van der Waals surface area contributed by atoms with Crippen molar-refractivity contribution in [2.45, 2.75) is 0 Å². The second-order valence-corrected chi connectivity index (χ2v) is 3.30. The lowest BCUT2D eigenvalue weighted by Crippen LogP contribution is -2.08. The highest BCUT2D eigenvalue weighted by atomic mass is 79.9. The van der Waals surface area contributed by atoms with Gasteiger partial charge in [0.15, 0.2) is 0 Å². The number of esters is 1. The lowest BCUT2D eigenvalue weighted by Gasteiger charge is -2.03. The number of hydrogen-bond acceptors (Lipinski definition) is 2. The Morgan fingerprint density at radius 3 is 2.44 bits per heavy atom. The fraction of sp³-hybridized carbons (Fsp3) is 0.182. The SMILES string of the molecule is COC(=O)c1c(F)cc(C#CCBr)cc1F. The molecular weight excluding hydrogens is 282 g/mol. The summed E-state index contributed by atoms with van der Waals surface area (Å²) in [6.07, 6.45) is 0. The Balaban J connectivity index is 3.22. The van der Waals surface area contributed by atoms with Gasteiger partial charge in [-0.3, -0.25) is 0 Å². The molecule has 2 nitrogen and oxygen atoms in total. The molecule has 0 aliphatic carbocycles. The minimum Gasteiger partial charge on any atom is -0.465 e. The van der Waals surface area contributed by atoms with Crippen molar-refractivity contribution < 1.29 is 18.3 Å². The molecule has 0 N–H and O–H groups in total. The number of alkyl halides is 1. The van der Waals surface area contributed by atoms with Crippen LogP contribution < -0.4 is 0 Å². The first-order valence-corrected chi connectivity index (χ1v) is 5.34. The number of hydrogen-bond donors (Lipinski definition) is 0. The number of rotatable bonds is 1. The van der Waals surface area contributed by atoms with Crippen LogP contribution in [0.4, 0.5) is 8.78 Å². The van der Waals surface area contributed by atoms with Gasteiger partial charge in [-0.05, 0) is 12.1 Å². The molecule has 0 radical (unpaired) electrons. The van der Waals surface area contributed by atoms with E-state index in [0.29, 0.717) is 5.33 Å². The molecule has 0 saturated heterocycles. The van der Waals surface area contributed by atoms with E-state index < -0.39 is 23.2 Å². The van der Waals surface area contributed by atoms with E-state index in [-0.39, 0.29) is 5.56 Å². The molecule has 1 aromatic carbocycles. The van der Waals surface area contributed by atoms with Gasteiger partial charge in [0.1, 0.15) is 17.2 Å². The minimum atomic E-state index is -1.05. The zero-order chi connectivity index (χ0) is 12.1. The zero-order valence-electron chi connectivity index (χ0n) is 8.31. The maximum absolute atomic E-state index is 13.4. The van der Waals surface area contributed by atoms with E-state index >= 15 is 0 Å². The number of carbonyl (C=O) groups excluding carboxylic acids is 1. The Hall–Kier alpha value is -1.41. The third-order valence-electron chi connectivity index (χ3n) is 1.73. The Labute approximate surface area is 99.7 Å². The average Bonchev–Trinajstić information content (AvgIpc) is 2.25. The van der Waals surface area contributed by atoms with E-state index in [0.717, 1.165) is 19.2 Å². The van der Waals surface area contributed by atoms with Crippen LogP contribution in [-0.2, 0) is 4.74 Å². The summed E-state index contributed by atoms with van der Waals surface area (Å²) < 4.78 is 31.0. The molecule has 5 heteroatoms. The van der Waals surface area contributed by atoms with Crippen LogP contribution in [0.2, 0.25) is 0 Å². The second-order valence-electron chi connectivity index (χ2n) is 2.74. The average molecular weight is 289 g/mol. The van der Waals surface area contributed by atoms with Gasteiger partial charge in [-0.2, -0.15) is 0 Å². The maximum atomic E-state index is 13.4. The molecule has 0 amide bonds. The fourth-order valence-electron chi connectivity index (χ4n) is 1.08. The first kappa shape index (κ1) is 12.7. The normalized spacial score (nSPS) is 9.25. The van der Waals surface area contributed by atoms with Crippen molar-refractivity contribution in [3.63, 3.8) is 0 Å². The summed E-state index contributed by atoms with van der Waals surface area (Å²) in [5.41, 5.74) is -0.533. The number of carbonyl (C=O) groups is 1. The molecule has 0 spiro atoms. The first-order chi connectivity index (χ1) is 7.60. The molecule has 1 aromatic rings. The van der Waals surface area contributed by atoms with Crippen LogP contribution in [0.1, 0.15) is 15.9 Å². The summed E-state index contributed by atoms with van der Waals surface area (Å²) in [5, 5.41) is 0.398. The highest BCUT2D eigenvalue weighted by molar-refractivity contribution is 9.09. The van der Waals surface area contributed by atoms with E-state index in [1.54, 1.807) is 0 Å². The lowest BCUT2D eigenvalue weighted by molar-refractivity contribution is 0.0590. The molecule has 1 rings (SSSR count). The van der Waals surface area contributed by atoms with Crippen LogP contribution in [0, 0.1) is 23.5 Å². The topological polar surface area (TPSA) is 26.3 Å². The third-order valence-corrected chi connectivity index (χ3v) is 2.01. The van der Waals surface area contributed by atoms with Crippen molar-refractivity contribution in [1.82, 2.24) is 0 Å². The van der Waals surface area contributed by atoms with Gasteiger partial charge in [0.2, 0.25) is 0 Å². The first-order valence-electron chi connectivity index (χ1n) is 4.22. The monoisotopic (exact) mass is 288 g/mol. The van der Waals surface area contributed by atoms with Gasteiger partial charge in [-0.25, -0.2) is 13.6 Å². The van der Waals surface area contributed by atoms with Crippen molar-refractivity contribution in [2.24, 2.45) is 0 Å². The van der Waals surface area contributed by atoms with Crippen molar-refractivity contribution in [3.8, 4) is 11.8 Å². The molecule has 0 heterocycles. The second kappa shape index (κ2) is 5.61. The van der Waals surface area contributed by atoms with E-state index in [9.17, 15) is 13.6 Å². The van der Waals surface area contributed by atoms with Gasteiger partial charge >= 0.3 is 5.97 Å². The fourth-order valence-corrected chi connectivity index (χ4v) is 1.22. The summed E-state index contributed by atoms with van der Waals surface area (Å²) in [7, 11) is 1.06. The van der Waals surface area contributed by atoms with Gasteiger partial charge in [0.05, 0.1) is 12.4 Å². The van der Waals surface area contributed by atoms with Crippen molar-refractivity contribution >= 4 is 21.9 Å². The molecule has 0 fully saturated rings. The van der Waals surface area contributed by atoms with Gasteiger partial charge in [0, 0.05) is 5.56 Å². The van der Waals surface area contributed by atoms with Gasteiger partial charge < -0.3 is 4.74 Å². The minimum absolute atomic E-state index is 0.169. The molecule has 0 atom stereocenters. The molecule has 0 aliphatic heterocycles. The molecule has 16 heavy (non-hydrogen) atoms. The summed E-state index contributed by atoms with van der Waals surface area (Å²) >= 11 is 3.06. The van der Waals surface area contributed by atoms with Crippen LogP contribution in [0.25, 0.3) is 0 Å². The summed E-state index contributed by atoms with van der Waals surface area (Å²) in [6, 6.07) is 1.98. The summed E-state index contributed by atoms with van der Waals surface area (Å²) in [6.45, 7) is 0. The smallest absolute Gasteiger partial charge is 0.343 e. The quantitative estimate of drug-likeness (QED) is 0.451. The predicted octanol–water partition coefficient (Wildman–Crippen LogP) is 2.50. The van der Waals surface area contributed by atoms with Crippen molar-refractivity contribution in [1.29, 1.82) is 0 Å². The number of methoxy groups -OCH3 is 1. The number of halogens is 3. The van der Waals surface area contributed by atoms with E-state index in [4.69, 9.17) is 0 Å². The van der Waals surface area contributed by atoms with Crippen LogP contribution in [0.15, 0.2) is 12.1 Å². The van der Waals surface area contributed by atoms with E-state index in [1.165, 1.54) is 0 Å². The third kappa shape index (κ3) is 2.80. The lowest BCUT2D eigenvalue weighted by atomic mass is 10.1. The van der Waals surface area contributed by atoms with Crippen LogP contribution in [-0.4, -0.2) is 18.4 Å². The Kier molecular flexibility index (Phi) is 4.44. The van der Waals surface area contributed by atoms with Gasteiger partial charge in [-0.1, -0.05) is 27.8 Å². The molecule has 84 valence electrons. The van der Waals surface area contributed by atoms with Gasteiger partial charge in [-0.15, -0.1) is 0 Å². The number of ether oxygens (including phenoxy) is 1. The van der Waals surface area contributed by atoms with Crippen LogP contribution >= 0.6 is 15.9 Å². The highest BCUT2D eigenvalue weighted by Gasteiger charge is 2.18. The standard InChI is InChI=1S/C11H7BrF2O2/c1-16-11(15)10-8(13)5-7(3-2-4-12)6-9(10)14/h5-6H,4H2,1H3. The van der Waals surface area contributed by atoms with Gasteiger partial charge in [0.25, 0.3) is 0 Å². The van der Waals surface area contributed by atoms with E-state index in [2.05, 4.69) is 32.5 Å². The Morgan fingerprint density at radius 2 is 2.00 bits per heavy atom. The molecule has 0 bridgehead atoms. The Bertz CT molecular complexity index is 452. The predicted molar refractivity (Wildman–Crippen MR) is 58.4 cm³/mol. The molecule has 0 aromatic heterocycles. The molecular formula is C11H7BrF2O2. The molecule has 0 aliphatic rings. The maximum Gasteiger partial charge on any atom is 0.343 e. The van der Waals surface area contributed by atoms with Crippen molar-refractivity contribution in [3.05, 3.63) is 34.9 Å². The van der Waals surface area contributed by atoms with Crippen LogP contribution in [0.5, 0.6) is 0 Å². The van der Waals surface area contributed by atoms with Crippen molar-refractivity contribution in [2.75, 3.05) is 12.4 Å². The number of benzene rings is 1. The molecule has 0 saturated carbocycles. The largest absolute Gasteiger partial charge is 0.465 e. The molecule has 0 unspecified atom stereocenters.